The van der Waals surface area contributed by atoms with Gasteiger partial charge in [-0.3, -0.25) is 4.79 Å². The zero-order chi connectivity index (χ0) is 14.5. The van der Waals surface area contributed by atoms with Gasteiger partial charge in [0.15, 0.2) is 0 Å². The van der Waals surface area contributed by atoms with Crippen molar-refractivity contribution in [2.24, 2.45) is 0 Å². The summed E-state index contributed by atoms with van der Waals surface area (Å²) in [5, 5.41) is 2.15. The van der Waals surface area contributed by atoms with E-state index in [9.17, 15) is 4.79 Å². The maximum Gasteiger partial charge on any atom is 0.149 e. The largest absolute Gasteiger partial charge is 0.311 e. The number of hydrogen-bond donors (Lipinski definition) is 1. The third-order valence-corrected chi connectivity index (χ3v) is 4.15. The molecule has 0 aromatic heterocycles. The van der Waals surface area contributed by atoms with E-state index in [1.165, 1.54) is 5.56 Å². The lowest BCUT2D eigenvalue weighted by molar-refractivity contribution is -0.105. The summed E-state index contributed by atoms with van der Waals surface area (Å²) in [6.45, 7) is 5.17. The third kappa shape index (κ3) is 3.49. The van der Waals surface area contributed by atoms with Crippen molar-refractivity contribution in [3.63, 3.8) is 0 Å². The van der Waals surface area contributed by atoms with Crippen molar-refractivity contribution in [1.29, 1.82) is 0 Å². The molecule has 1 aromatic carbocycles. The minimum atomic E-state index is 0.106. The first-order valence-electron chi connectivity index (χ1n) is 7.12. The number of aldehydes is 1. The molecule has 1 heterocycles. The van der Waals surface area contributed by atoms with Crippen molar-refractivity contribution in [2.75, 3.05) is 6.54 Å². The molecule has 1 atom stereocenters. The average molecular weight is 337 g/mol. The summed E-state index contributed by atoms with van der Waals surface area (Å²) in [5.74, 6) is 0. The van der Waals surface area contributed by atoms with Gasteiger partial charge in [0.25, 0.3) is 0 Å². The summed E-state index contributed by atoms with van der Waals surface area (Å²) in [4.78, 5) is 11.4. The number of nitrogens with one attached hydrogen (secondary N) is 1. The molecule has 1 aliphatic rings. The Bertz CT molecular complexity index is 496. The van der Waals surface area contributed by atoms with Crippen LogP contribution < -0.4 is 5.43 Å². The van der Waals surface area contributed by atoms with Gasteiger partial charge in [0, 0.05) is 28.7 Å². The molecule has 0 fully saturated rings. The van der Waals surface area contributed by atoms with E-state index in [2.05, 4.69) is 45.4 Å². The highest BCUT2D eigenvalue weighted by Crippen LogP contribution is 2.24. The van der Waals surface area contributed by atoms with Gasteiger partial charge in [0.1, 0.15) is 6.29 Å². The fourth-order valence-corrected chi connectivity index (χ4v) is 2.73. The molecule has 1 unspecified atom stereocenters. The van der Waals surface area contributed by atoms with Crippen LogP contribution in [0.2, 0.25) is 0 Å². The van der Waals surface area contributed by atoms with Gasteiger partial charge in [0.2, 0.25) is 0 Å². The van der Waals surface area contributed by atoms with Crippen LogP contribution >= 0.6 is 15.9 Å². The van der Waals surface area contributed by atoms with Crippen LogP contribution in [0.15, 0.2) is 40.0 Å². The van der Waals surface area contributed by atoms with Crippen molar-refractivity contribution >= 4 is 22.2 Å². The topological polar surface area (TPSA) is 32.3 Å². The summed E-state index contributed by atoms with van der Waals surface area (Å²) >= 11 is 3.45. The first-order valence-corrected chi connectivity index (χ1v) is 7.91. The van der Waals surface area contributed by atoms with E-state index >= 15 is 0 Å². The number of rotatable bonds is 6. The number of allylic oxidation sites excluding steroid dienone is 1. The Hall–Kier alpha value is -1.13. The van der Waals surface area contributed by atoms with Crippen molar-refractivity contribution in [3.05, 3.63) is 45.6 Å². The zero-order valence-electron chi connectivity index (χ0n) is 12.0. The van der Waals surface area contributed by atoms with Crippen LogP contribution in [0.4, 0.5) is 0 Å². The van der Waals surface area contributed by atoms with E-state index in [1.54, 1.807) is 0 Å². The summed E-state index contributed by atoms with van der Waals surface area (Å²) < 4.78 is 1.08. The Balaban J connectivity index is 2.20. The summed E-state index contributed by atoms with van der Waals surface area (Å²) in [6.07, 6.45) is 4.06. The fourth-order valence-electron chi connectivity index (χ4n) is 2.47. The second kappa shape index (κ2) is 7.04. The third-order valence-electron chi connectivity index (χ3n) is 3.62. The Labute approximate surface area is 129 Å². The molecule has 0 amide bonds. The number of carbonyl (C=O) groups is 1. The van der Waals surface area contributed by atoms with Crippen molar-refractivity contribution in [3.8, 4) is 0 Å². The van der Waals surface area contributed by atoms with Crippen molar-refractivity contribution < 1.29 is 4.79 Å². The van der Waals surface area contributed by atoms with Crippen LogP contribution in [0.1, 0.15) is 32.3 Å². The van der Waals surface area contributed by atoms with Crippen LogP contribution in [0, 0.1) is 0 Å². The SMILES string of the molecule is CCCCN1NC(C)C(C=O)=C1Cc1ccc(Br)cc1. The lowest BCUT2D eigenvalue weighted by Gasteiger charge is -2.23. The maximum absolute atomic E-state index is 11.4. The monoisotopic (exact) mass is 336 g/mol. The van der Waals surface area contributed by atoms with Gasteiger partial charge in [-0.1, -0.05) is 41.4 Å². The van der Waals surface area contributed by atoms with Crippen LogP contribution in [0.5, 0.6) is 0 Å². The molecule has 0 radical (unpaired) electrons. The number of carbonyl (C=O) groups excluding carboxylic acids is 1. The first-order chi connectivity index (χ1) is 9.65. The van der Waals surface area contributed by atoms with Gasteiger partial charge in [-0.25, -0.2) is 5.43 Å². The highest BCUT2D eigenvalue weighted by molar-refractivity contribution is 9.10. The second-order valence-electron chi connectivity index (χ2n) is 5.18. The lowest BCUT2D eigenvalue weighted by Crippen LogP contribution is -2.37. The molecular weight excluding hydrogens is 316 g/mol. The van der Waals surface area contributed by atoms with Crippen LogP contribution in [0.3, 0.4) is 0 Å². The zero-order valence-corrected chi connectivity index (χ0v) is 13.6. The molecule has 0 bridgehead atoms. The molecule has 0 spiro atoms. The normalized spacial score (nSPS) is 18.8. The molecule has 1 aliphatic heterocycles. The summed E-state index contributed by atoms with van der Waals surface area (Å²) in [5.41, 5.74) is 6.61. The molecule has 3 nitrogen and oxygen atoms in total. The quantitative estimate of drug-likeness (QED) is 0.807. The Morgan fingerprint density at radius 3 is 2.65 bits per heavy atom. The van der Waals surface area contributed by atoms with E-state index < -0.39 is 0 Å². The van der Waals surface area contributed by atoms with Gasteiger partial charge in [0.05, 0.1) is 6.04 Å². The number of nitrogens with zero attached hydrogens (tertiary/aromatic N) is 1. The van der Waals surface area contributed by atoms with Crippen LogP contribution in [-0.4, -0.2) is 23.9 Å². The minimum absolute atomic E-state index is 0.106. The van der Waals surface area contributed by atoms with E-state index in [1.807, 2.05) is 19.1 Å². The molecule has 0 saturated carbocycles. The first kappa shape index (κ1) is 15.3. The number of unbranched alkanes of at least 4 members (excludes halogenated alkanes) is 1. The van der Waals surface area contributed by atoms with Crippen LogP contribution in [0.25, 0.3) is 0 Å². The van der Waals surface area contributed by atoms with Crippen molar-refractivity contribution in [1.82, 2.24) is 10.4 Å². The van der Waals surface area contributed by atoms with Gasteiger partial charge in [-0.05, 0) is 31.0 Å². The fraction of sp³-hybridized carbons (Fsp3) is 0.438. The predicted octanol–water partition coefficient (Wildman–Crippen LogP) is 3.45. The standard InChI is InChI=1S/C16H21BrN2O/c1-3-4-9-19-16(15(11-20)12(2)18-19)10-13-5-7-14(17)8-6-13/h5-8,11-12,18H,3-4,9-10H2,1-2H3. The highest BCUT2D eigenvalue weighted by atomic mass is 79.9. The number of hydrogen-bond acceptors (Lipinski definition) is 3. The average Bonchev–Trinajstić information content (AvgIpc) is 2.74. The van der Waals surface area contributed by atoms with Gasteiger partial charge in [-0.15, -0.1) is 0 Å². The summed E-state index contributed by atoms with van der Waals surface area (Å²) in [7, 11) is 0. The molecule has 1 N–H and O–H groups in total. The van der Waals surface area contributed by atoms with Crippen LogP contribution in [-0.2, 0) is 11.2 Å². The molecule has 2 rings (SSSR count). The number of benzene rings is 1. The van der Waals surface area contributed by atoms with Gasteiger partial charge >= 0.3 is 0 Å². The second-order valence-corrected chi connectivity index (χ2v) is 6.09. The van der Waals surface area contributed by atoms with Crippen molar-refractivity contribution in [2.45, 2.75) is 39.2 Å². The lowest BCUT2D eigenvalue weighted by atomic mass is 10.0. The Morgan fingerprint density at radius 2 is 2.05 bits per heavy atom. The molecular formula is C16H21BrN2O. The molecule has 108 valence electrons. The molecule has 0 saturated heterocycles. The van der Waals surface area contributed by atoms with E-state index in [4.69, 9.17) is 0 Å². The molecule has 0 aliphatic carbocycles. The summed E-state index contributed by atoms with van der Waals surface area (Å²) in [6, 6.07) is 8.38. The van der Waals surface area contributed by atoms with Gasteiger partial charge in [-0.2, -0.15) is 0 Å². The van der Waals surface area contributed by atoms with E-state index in [0.29, 0.717) is 0 Å². The van der Waals surface area contributed by atoms with E-state index in [0.717, 1.165) is 47.8 Å². The predicted molar refractivity (Wildman–Crippen MR) is 85.1 cm³/mol. The van der Waals surface area contributed by atoms with Gasteiger partial charge < -0.3 is 5.01 Å². The number of halogens is 1. The Kier molecular flexibility index (Phi) is 5.38. The smallest absolute Gasteiger partial charge is 0.149 e. The van der Waals surface area contributed by atoms with E-state index in [-0.39, 0.29) is 6.04 Å². The molecule has 1 aromatic rings. The molecule has 4 heteroatoms. The Morgan fingerprint density at radius 1 is 1.35 bits per heavy atom. The molecule has 20 heavy (non-hydrogen) atoms. The highest BCUT2D eigenvalue weighted by Gasteiger charge is 2.27. The number of hydrazine groups is 1. The maximum atomic E-state index is 11.4. The minimum Gasteiger partial charge on any atom is -0.311 e.